The fourth-order valence-electron chi connectivity index (χ4n) is 2.09. The molecule has 0 bridgehead atoms. The summed E-state index contributed by atoms with van der Waals surface area (Å²) >= 11 is 0. The minimum atomic E-state index is -4.65. The van der Waals surface area contributed by atoms with Crippen molar-refractivity contribution in [2.24, 2.45) is 0 Å². The van der Waals surface area contributed by atoms with E-state index in [1.54, 1.807) is 0 Å². The van der Waals surface area contributed by atoms with Gasteiger partial charge in [0.15, 0.2) is 0 Å². The van der Waals surface area contributed by atoms with Crippen LogP contribution in [0.5, 0.6) is 5.88 Å². The number of alkyl halides is 6. The van der Waals surface area contributed by atoms with Crippen molar-refractivity contribution in [3.63, 3.8) is 0 Å². The Morgan fingerprint density at radius 3 is 2.22 bits per heavy atom. The van der Waals surface area contributed by atoms with Gasteiger partial charge in [-0.05, 0) is 25.1 Å². The zero-order chi connectivity index (χ0) is 20.2. The molecular formula is C17H13F6NO3. The second kappa shape index (κ2) is 7.85. The summed E-state index contributed by atoms with van der Waals surface area (Å²) in [5.74, 6) is -1.38. The summed E-state index contributed by atoms with van der Waals surface area (Å²) in [6.07, 6.45) is -10.4. The normalized spacial score (nSPS) is 13.1. The van der Waals surface area contributed by atoms with Crippen LogP contribution in [0.2, 0.25) is 0 Å². The fraction of sp³-hybridized carbons (Fsp3) is 0.294. The largest absolute Gasteiger partial charge is 0.463 e. The van der Waals surface area contributed by atoms with Crippen molar-refractivity contribution in [2.45, 2.75) is 25.4 Å². The van der Waals surface area contributed by atoms with E-state index in [1.807, 2.05) is 0 Å². The molecule has 0 aliphatic heterocycles. The molecule has 1 unspecified atom stereocenters. The van der Waals surface area contributed by atoms with Crippen LogP contribution in [0, 0.1) is 0 Å². The molecule has 0 spiro atoms. The number of pyridine rings is 1. The molecule has 0 aliphatic carbocycles. The lowest BCUT2D eigenvalue weighted by Crippen LogP contribution is -2.22. The van der Waals surface area contributed by atoms with Gasteiger partial charge < -0.3 is 9.47 Å². The van der Waals surface area contributed by atoms with Gasteiger partial charge in [-0.3, -0.25) is 0 Å². The molecule has 0 radical (unpaired) electrons. The second-order valence-corrected chi connectivity index (χ2v) is 5.26. The Bertz CT molecular complexity index is 786. The maximum atomic E-state index is 12.9. The van der Waals surface area contributed by atoms with Gasteiger partial charge in [0, 0.05) is 17.8 Å². The van der Waals surface area contributed by atoms with Crippen LogP contribution in [0.15, 0.2) is 42.6 Å². The third-order valence-corrected chi connectivity index (χ3v) is 3.32. The van der Waals surface area contributed by atoms with Gasteiger partial charge in [-0.15, -0.1) is 0 Å². The second-order valence-electron chi connectivity index (χ2n) is 5.26. The molecule has 146 valence electrons. The molecule has 27 heavy (non-hydrogen) atoms. The lowest BCUT2D eigenvalue weighted by atomic mass is 10.1. The zero-order valence-electron chi connectivity index (χ0n) is 13.8. The predicted octanol–water partition coefficient (Wildman–Crippen LogP) is 4.80. The lowest BCUT2D eigenvalue weighted by Gasteiger charge is -2.19. The first-order valence-electron chi connectivity index (χ1n) is 7.56. The lowest BCUT2D eigenvalue weighted by molar-refractivity contribution is -0.152. The van der Waals surface area contributed by atoms with Gasteiger partial charge in [0.2, 0.25) is 12.0 Å². The fourth-order valence-corrected chi connectivity index (χ4v) is 2.09. The smallest absolute Gasteiger partial charge is 0.417 e. The Balaban J connectivity index is 2.34. The number of hydrogen-bond acceptors (Lipinski definition) is 4. The maximum absolute atomic E-state index is 12.9. The molecule has 1 aromatic carbocycles. The Labute approximate surface area is 149 Å². The summed E-state index contributed by atoms with van der Waals surface area (Å²) in [5.41, 5.74) is -2.23. The number of halogens is 6. The van der Waals surface area contributed by atoms with Crippen molar-refractivity contribution in [1.29, 1.82) is 0 Å². The first kappa shape index (κ1) is 20.5. The molecule has 0 fully saturated rings. The molecule has 4 nitrogen and oxygen atoms in total. The van der Waals surface area contributed by atoms with E-state index in [1.165, 1.54) is 13.0 Å². The predicted molar refractivity (Wildman–Crippen MR) is 80.7 cm³/mol. The third-order valence-electron chi connectivity index (χ3n) is 3.32. The van der Waals surface area contributed by atoms with Crippen molar-refractivity contribution < 1.29 is 40.6 Å². The van der Waals surface area contributed by atoms with Gasteiger partial charge in [-0.2, -0.15) is 26.3 Å². The zero-order valence-corrected chi connectivity index (χ0v) is 13.8. The molecule has 0 N–H and O–H groups in total. The van der Waals surface area contributed by atoms with Crippen LogP contribution in [0.4, 0.5) is 26.3 Å². The molecule has 2 aromatic rings. The molecule has 0 amide bonds. The number of aromatic nitrogens is 1. The van der Waals surface area contributed by atoms with Crippen LogP contribution in [0.3, 0.4) is 0 Å². The Morgan fingerprint density at radius 1 is 1.04 bits per heavy atom. The highest BCUT2D eigenvalue weighted by Crippen LogP contribution is 2.33. The van der Waals surface area contributed by atoms with Crippen LogP contribution in [0.1, 0.15) is 29.7 Å². The number of ether oxygens (including phenoxy) is 2. The summed E-state index contributed by atoms with van der Waals surface area (Å²) in [7, 11) is 0. The number of nitrogens with zero attached hydrogens (tertiary/aromatic N) is 1. The minimum absolute atomic E-state index is 0.0713. The van der Waals surface area contributed by atoms with Gasteiger partial charge >= 0.3 is 18.3 Å². The molecule has 1 heterocycles. The summed E-state index contributed by atoms with van der Waals surface area (Å²) in [6.45, 7) is 1.41. The number of benzene rings is 1. The van der Waals surface area contributed by atoms with Crippen molar-refractivity contribution >= 4 is 5.97 Å². The van der Waals surface area contributed by atoms with Gasteiger partial charge in [0.05, 0.1) is 17.7 Å². The number of hydrogen-bond donors (Lipinski definition) is 0. The summed E-state index contributed by atoms with van der Waals surface area (Å²) < 4.78 is 86.4. The van der Waals surface area contributed by atoms with Crippen LogP contribution in [-0.4, -0.2) is 17.6 Å². The molecule has 2 rings (SSSR count). The van der Waals surface area contributed by atoms with Crippen molar-refractivity contribution in [1.82, 2.24) is 4.98 Å². The van der Waals surface area contributed by atoms with Crippen molar-refractivity contribution in [3.05, 3.63) is 59.3 Å². The molecule has 0 saturated heterocycles. The van der Waals surface area contributed by atoms with E-state index in [9.17, 15) is 31.1 Å². The molecule has 0 aliphatic rings. The number of esters is 1. The van der Waals surface area contributed by atoms with Crippen LogP contribution < -0.4 is 4.74 Å². The summed E-state index contributed by atoms with van der Waals surface area (Å²) in [6, 6.07) is 5.34. The van der Waals surface area contributed by atoms with Crippen LogP contribution in [0.25, 0.3) is 0 Å². The number of carbonyl (C=O) groups is 1. The average molecular weight is 393 g/mol. The van der Waals surface area contributed by atoms with E-state index < -0.39 is 35.6 Å². The van der Waals surface area contributed by atoms with E-state index in [0.29, 0.717) is 18.3 Å². The molecule has 0 saturated carbocycles. The molecule has 10 heteroatoms. The SMILES string of the molecule is CCOC(=O)C(Oc1ccc(C(F)(F)F)cn1)c1cccc(C(F)(F)F)c1. The van der Waals surface area contributed by atoms with E-state index in [2.05, 4.69) is 4.98 Å². The van der Waals surface area contributed by atoms with Gasteiger partial charge in [-0.25, -0.2) is 9.78 Å². The minimum Gasteiger partial charge on any atom is -0.463 e. The van der Waals surface area contributed by atoms with E-state index in [0.717, 1.165) is 18.2 Å². The third kappa shape index (κ3) is 5.35. The first-order chi connectivity index (χ1) is 12.5. The Hall–Kier alpha value is -2.78. The van der Waals surface area contributed by atoms with Gasteiger partial charge in [-0.1, -0.05) is 12.1 Å². The van der Waals surface area contributed by atoms with Gasteiger partial charge in [0.1, 0.15) is 0 Å². The summed E-state index contributed by atoms with van der Waals surface area (Å²) in [4.78, 5) is 15.6. The molecule has 1 atom stereocenters. The topological polar surface area (TPSA) is 48.4 Å². The number of carbonyl (C=O) groups excluding carboxylic acids is 1. The van der Waals surface area contributed by atoms with E-state index in [4.69, 9.17) is 9.47 Å². The Kier molecular flexibility index (Phi) is 5.97. The standard InChI is InChI=1S/C17H13F6NO3/c1-2-26-15(25)14(10-4-3-5-11(8-10)16(18,19)20)27-13-7-6-12(9-24-13)17(21,22)23/h3-9,14H,2H2,1H3. The quantitative estimate of drug-likeness (QED) is 0.541. The van der Waals surface area contributed by atoms with Crippen LogP contribution in [-0.2, 0) is 21.9 Å². The summed E-state index contributed by atoms with van der Waals surface area (Å²) in [5, 5.41) is 0. The highest BCUT2D eigenvalue weighted by molar-refractivity contribution is 5.77. The monoisotopic (exact) mass is 393 g/mol. The maximum Gasteiger partial charge on any atom is 0.417 e. The molecular weight excluding hydrogens is 380 g/mol. The van der Waals surface area contributed by atoms with Gasteiger partial charge in [0.25, 0.3) is 0 Å². The number of rotatable bonds is 5. The highest BCUT2D eigenvalue weighted by atomic mass is 19.4. The first-order valence-corrected chi connectivity index (χ1v) is 7.56. The highest BCUT2D eigenvalue weighted by Gasteiger charge is 2.34. The van der Waals surface area contributed by atoms with E-state index in [-0.39, 0.29) is 18.1 Å². The van der Waals surface area contributed by atoms with Crippen molar-refractivity contribution in [2.75, 3.05) is 6.61 Å². The van der Waals surface area contributed by atoms with Crippen LogP contribution >= 0.6 is 0 Å². The molecule has 1 aromatic heterocycles. The van der Waals surface area contributed by atoms with Crippen molar-refractivity contribution in [3.8, 4) is 5.88 Å². The Morgan fingerprint density at radius 2 is 1.70 bits per heavy atom. The average Bonchev–Trinajstić information content (AvgIpc) is 2.59. The van der Waals surface area contributed by atoms with E-state index >= 15 is 0 Å².